The summed E-state index contributed by atoms with van der Waals surface area (Å²) < 4.78 is 5.26. The van der Waals surface area contributed by atoms with Crippen molar-refractivity contribution in [2.45, 2.75) is 19.5 Å². The minimum atomic E-state index is 0.915. The average Bonchev–Trinajstić information content (AvgIpc) is 2.94. The van der Waals surface area contributed by atoms with Crippen molar-refractivity contribution in [1.29, 1.82) is 0 Å². The summed E-state index contributed by atoms with van der Waals surface area (Å²) in [5.74, 6) is 0. The van der Waals surface area contributed by atoms with Crippen LogP contribution >= 0.6 is 12.2 Å². The van der Waals surface area contributed by atoms with Gasteiger partial charge in [-0.2, -0.15) is 0 Å². The molecule has 0 saturated carbocycles. The highest BCUT2D eigenvalue weighted by Crippen LogP contribution is 2.18. The van der Waals surface area contributed by atoms with Crippen LogP contribution < -0.4 is 0 Å². The SMILES string of the molecule is Cn1c(=S)n(CN2CCCC2)c2ccccc21. The average molecular weight is 247 g/mol. The molecule has 3 nitrogen and oxygen atoms in total. The zero-order valence-electron chi connectivity index (χ0n) is 10.1. The van der Waals surface area contributed by atoms with E-state index in [4.69, 9.17) is 12.2 Å². The van der Waals surface area contributed by atoms with Crippen molar-refractivity contribution >= 4 is 23.3 Å². The van der Waals surface area contributed by atoms with Gasteiger partial charge in [-0.15, -0.1) is 0 Å². The van der Waals surface area contributed by atoms with E-state index in [0.717, 1.165) is 11.4 Å². The van der Waals surface area contributed by atoms with Crippen LogP contribution in [-0.4, -0.2) is 27.1 Å². The standard InChI is InChI=1S/C13H17N3S/c1-14-11-6-2-3-7-12(11)16(13(14)17)10-15-8-4-5-9-15/h2-3,6-7H,4-5,8-10H2,1H3. The van der Waals surface area contributed by atoms with Crippen LogP contribution in [-0.2, 0) is 13.7 Å². The zero-order valence-corrected chi connectivity index (χ0v) is 10.9. The topological polar surface area (TPSA) is 13.1 Å². The van der Waals surface area contributed by atoms with Gasteiger partial charge in [-0.1, -0.05) is 12.1 Å². The second kappa shape index (κ2) is 4.27. The van der Waals surface area contributed by atoms with Gasteiger partial charge in [-0.3, -0.25) is 4.90 Å². The van der Waals surface area contributed by atoms with Gasteiger partial charge in [0.2, 0.25) is 0 Å². The normalized spacial score (nSPS) is 17.0. The van der Waals surface area contributed by atoms with Gasteiger partial charge in [-0.05, 0) is 50.3 Å². The Bertz CT molecular complexity index is 590. The van der Waals surface area contributed by atoms with Crippen LogP contribution in [0.3, 0.4) is 0 Å². The maximum absolute atomic E-state index is 5.53. The molecule has 4 heteroatoms. The molecular weight excluding hydrogens is 230 g/mol. The number of rotatable bonds is 2. The van der Waals surface area contributed by atoms with Crippen molar-refractivity contribution in [3.05, 3.63) is 29.0 Å². The Hall–Kier alpha value is -1.13. The third-order valence-corrected chi connectivity index (χ3v) is 4.09. The number of benzene rings is 1. The summed E-state index contributed by atoms with van der Waals surface area (Å²) in [6.45, 7) is 3.33. The van der Waals surface area contributed by atoms with Gasteiger partial charge in [0, 0.05) is 7.05 Å². The van der Waals surface area contributed by atoms with E-state index < -0.39 is 0 Å². The van der Waals surface area contributed by atoms with E-state index in [0.29, 0.717) is 0 Å². The zero-order chi connectivity index (χ0) is 11.8. The summed E-state index contributed by atoms with van der Waals surface area (Å²) in [5, 5.41) is 0. The van der Waals surface area contributed by atoms with Crippen LogP contribution in [0.1, 0.15) is 12.8 Å². The third-order valence-electron chi connectivity index (χ3n) is 3.59. The Kier molecular flexibility index (Phi) is 2.76. The minimum Gasteiger partial charge on any atom is -0.320 e. The molecule has 0 bridgehead atoms. The number of aromatic nitrogens is 2. The second-order valence-corrected chi connectivity index (χ2v) is 5.09. The van der Waals surface area contributed by atoms with Gasteiger partial charge in [-0.25, -0.2) is 0 Å². The molecule has 90 valence electrons. The Morgan fingerprint density at radius 2 is 1.76 bits per heavy atom. The van der Waals surface area contributed by atoms with E-state index in [-0.39, 0.29) is 0 Å². The summed E-state index contributed by atoms with van der Waals surface area (Å²) >= 11 is 5.53. The molecule has 17 heavy (non-hydrogen) atoms. The van der Waals surface area contributed by atoms with Gasteiger partial charge in [0.25, 0.3) is 0 Å². The van der Waals surface area contributed by atoms with Crippen molar-refractivity contribution in [3.63, 3.8) is 0 Å². The quantitative estimate of drug-likeness (QED) is 0.757. The summed E-state index contributed by atoms with van der Waals surface area (Å²) in [7, 11) is 2.05. The largest absolute Gasteiger partial charge is 0.320 e. The number of imidazole rings is 1. The minimum absolute atomic E-state index is 0.915. The molecule has 1 aromatic carbocycles. The Morgan fingerprint density at radius 1 is 1.12 bits per heavy atom. The predicted octanol–water partition coefficient (Wildman–Crippen LogP) is 2.76. The van der Waals surface area contributed by atoms with E-state index in [9.17, 15) is 0 Å². The first-order chi connectivity index (χ1) is 8.27. The first-order valence-corrected chi connectivity index (χ1v) is 6.55. The second-order valence-electron chi connectivity index (χ2n) is 4.72. The van der Waals surface area contributed by atoms with E-state index in [1.165, 1.54) is 37.0 Å². The highest BCUT2D eigenvalue weighted by Gasteiger charge is 2.14. The molecule has 0 N–H and O–H groups in total. The van der Waals surface area contributed by atoms with Crippen molar-refractivity contribution in [1.82, 2.24) is 14.0 Å². The maximum atomic E-state index is 5.53. The molecule has 0 amide bonds. The summed E-state index contributed by atoms with van der Waals surface area (Å²) in [6, 6.07) is 8.43. The van der Waals surface area contributed by atoms with Crippen molar-refractivity contribution < 1.29 is 0 Å². The Balaban J connectivity index is 2.08. The first kappa shape index (κ1) is 11.0. The Morgan fingerprint density at radius 3 is 2.47 bits per heavy atom. The highest BCUT2D eigenvalue weighted by molar-refractivity contribution is 7.71. The summed E-state index contributed by atoms with van der Waals surface area (Å²) in [6.07, 6.45) is 2.64. The van der Waals surface area contributed by atoms with Crippen LogP contribution in [0.15, 0.2) is 24.3 Å². The lowest BCUT2D eigenvalue weighted by molar-refractivity contribution is 0.272. The fourth-order valence-electron chi connectivity index (χ4n) is 2.62. The third kappa shape index (κ3) is 1.81. The van der Waals surface area contributed by atoms with Crippen molar-refractivity contribution in [2.75, 3.05) is 13.1 Å². The van der Waals surface area contributed by atoms with Crippen LogP contribution in [0.25, 0.3) is 11.0 Å². The van der Waals surface area contributed by atoms with Crippen LogP contribution in [0, 0.1) is 4.77 Å². The lowest BCUT2D eigenvalue weighted by Gasteiger charge is -2.15. The molecule has 0 radical (unpaired) electrons. The fraction of sp³-hybridized carbons (Fsp3) is 0.462. The van der Waals surface area contributed by atoms with Crippen LogP contribution in [0.2, 0.25) is 0 Å². The number of fused-ring (bicyclic) bond motifs is 1. The number of aryl methyl sites for hydroxylation is 1. The molecule has 1 aliphatic rings. The van der Waals surface area contributed by atoms with E-state index in [2.05, 4.69) is 38.3 Å². The molecular formula is C13H17N3S. The molecule has 0 unspecified atom stereocenters. The van der Waals surface area contributed by atoms with Crippen molar-refractivity contribution in [2.24, 2.45) is 7.05 Å². The number of hydrogen-bond donors (Lipinski definition) is 0. The monoisotopic (exact) mass is 247 g/mol. The van der Waals surface area contributed by atoms with E-state index in [1.54, 1.807) is 0 Å². The van der Waals surface area contributed by atoms with Crippen LogP contribution in [0.5, 0.6) is 0 Å². The van der Waals surface area contributed by atoms with Gasteiger partial charge in [0.15, 0.2) is 4.77 Å². The molecule has 2 aromatic rings. The predicted molar refractivity (Wildman–Crippen MR) is 72.6 cm³/mol. The molecule has 1 saturated heterocycles. The molecule has 1 aromatic heterocycles. The van der Waals surface area contributed by atoms with Crippen molar-refractivity contribution in [3.8, 4) is 0 Å². The highest BCUT2D eigenvalue weighted by atomic mass is 32.1. The summed E-state index contributed by atoms with van der Waals surface area (Å²) in [4.78, 5) is 2.47. The van der Waals surface area contributed by atoms with Crippen LogP contribution in [0.4, 0.5) is 0 Å². The first-order valence-electron chi connectivity index (χ1n) is 6.14. The van der Waals surface area contributed by atoms with Gasteiger partial charge in [0.1, 0.15) is 0 Å². The lowest BCUT2D eigenvalue weighted by atomic mass is 10.3. The molecule has 0 spiro atoms. The maximum Gasteiger partial charge on any atom is 0.181 e. The molecule has 0 atom stereocenters. The number of nitrogens with zero attached hydrogens (tertiary/aromatic N) is 3. The molecule has 2 heterocycles. The van der Waals surface area contributed by atoms with Gasteiger partial charge < -0.3 is 9.13 Å². The molecule has 0 aliphatic carbocycles. The molecule has 1 fully saturated rings. The molecule has 1 aliphatic heterocycles. The number of hydrogen-bond acceptors (Lipinski definition) is 2. The summed E-state index contributed by atoms with van der Waals surface area (Å²) in [5.41, 5.74) is 2.46. The molecule has 3 rings (SSSR count). The Labute approximate surface area is 106 Å². The number of para-hydroxylation sites is 2. The van der Waals surface area contributed by atoms with E-state index >= 15 is 0 Å². The number of likely N-dealkylation sites (tertiary alicyclic amines) is 1. The smallest absolute Gasteiger partial charge is 0.181 e. The van der Waals surface area contributed by atoms with Gasteiger partial charge in [0.05, 0.1) is 17.7 Å². The van der Waals surface area contributed by atoms with E-state index in [1.807, 2.05) is 7.05 Å². The lowest BCUT2D eigenvalue weighted by Crippen LogP contribution is -2.22. The van der Waals surface area contributed by atoms with Gasteiger partial charge >= 0.3 is 0 Å². The fourth-order valence-corrected chi connectivity index (χ4v) is 2.88.